The standard InChI is InChI=1S/C14H14ClN5O4/c1-9(21)19(5-4-16)8-10(7-17)14(22)18-11-2-3-12(15)13(6-11)20(23)24/h2-3,6,8H,4-5,16H2,1H3,(H,18,22)/b10-8-. The average Bonchev–Trinajstić information content (AvgIpc) is 2.52. The highest BCUT2D eigenvalue weighted by Gasteiger charge is 2.17. The van der Waals surface area contributed by atoms with E-state index >= 15 is 0 Å². The molecule has 0 aliphatic carbocycles. The number of nitriles is 1. The van der Waals surface area contributed by atoms with Crippen molar-refractivity contribution in [3.05, 3.63) is 45.1 Å². The Labute approximate surface area is 142 Å². The van der Waals surface area contributed by atoms with E-state index in [1.807, 2.05) is 0 Å². The minimum atomic E-state index is -0.822. The van der Waals surface area contributed by atoms with E-state index in [0.29, 0.717) is 0 Å². The summed E-state index contributed by atoms with van der Waals surface area (Å²) >= 11 is 5.68. The van der Waals surface area contributed by atoms with Crippen LogP contribution in [-0.2, 0) is 9.59 Å². The summed E-state index contributed by atoms with van der Waals surface area (Å²) in [5.74, 6) is -1.21. The van der Waals surface area contributed by atoms with Gasteiger partial charge < -0.3 is 16.0 Å². The Kier molecular flexibility index (Phi) is 6.85. The second-order valence-corrected chi connectivity index (χ2v) is 4.94. The van der Waals surface area contributed by atoms with Crippen LogP contribution in [0.5, 0.6) is 0 Å². The number of carbonyl (C=O) groups is 2. The van der Waals surface area contributed by atoms with E-state index < -0.39 is 10.8 Å². The first-order valence-corrected chi connectivity index (χ1v) is 7.02. The first-order valence-electron chi connectivity index (χ1n) is 6.64. The fraction of sp³-hybridized carbons (Fsp3) is 0.214. The number of halogens is 1. The third-order valence-corrected chi connectivity index (χ3v) is 3.14. The van der Waals surface area contributed by atoms with Crippen molar-refractivity contribution in [2.45, 2.75) is 6.92 Å². The zero-order chi connectivity index (χ0) is 18.3. The molecule has 1 aromatic rings. The molecule has 24 heavy (non-hydrogen) atoms. The fourth-order valence-corrected chi connectivity index (χ4v) is 1.86. The van der Waals surface area contributed by atoms with Gasteiger partial charge in [-0.15, -0.1) is 0 Å². The second kappa shape index (κ2) is 8.61. The topological polar surface area (TPSA) is 142 Å². The van der Waals surface area contributed by atoms with E-state index in [1.165, 1.54) is 19.1 Å². The SMILES string of the molecule is CC(=O)N(/C=C(/C#N)C(=O)Nc1ccc(Cl)c([N+](=O)[O-])c1)CCN. The number of nitrogens with one attached hydrogen (secondary N) is 1. The molecule has 0 aliphatic rings. The maximum absolute atomic E-state index is 12.1. The highest BCUT2D eigenvalue weighted by Crippen LogP contribution is 2.27. The van der Waals surface area contributed by atoms with Gasteiger partial charge in [-0.3, -0.25) is 19.7 Å². The predicted molar refractivity (Wildman–Crippen MR) is 86.9 cm³/mol. The molecule has 0 saturated carbocycles. The Morgan fingerprint density at radius 2 is 2.21 bits per heavy atom. The van der Waals surface area contributed by atoms with E-state index in [0.717, 1.165) is 17.2 Å². The summed E-state index contributed by atoms with van der Waals surface area (Å²) in [5.41, 5.74) is 4.71. The van der Waals surface area contributed by atoms with Gasteiger partial charge in [-0.1, -0.05) is 11.6 Å². The molecule has 1 aromatic carbocycles. The van der Waals surface area contributed by atoms with Gasteiger partial charge >= 0.3 is 0 Å². The molecule has 0 aliphatic heterocycles. The van der Waals surface area contributed by atoms with Crippen LogP contribution in [0.4, 0.5) is 11.4 Å². The van der Waals surface area contributed by atoms with Crippen LogP contribution in [-0.4, -0.2) is 34.7 Å². The molecule has 3 N–H and O–H groups in total. The normalized spacial score (nSPS) is 10.7. The predicted octanol–water partition coefficient (Wildman–Crippen LogP) is 1.40. The Morgan fingerprint density at radius 3 is 2.71 bits per heavy atom. The molecule has 0 saturated heterocycles. The number of rotatable bonds is 6. The molecule has 0 bridgehead atoms. The van der Waals surface area contributed by atoms with E-state index in [9.17, 15) is 19.7 Å². The van der Waals surface area contributed by atoms with Gasteiger partial charge in [0.25, 0.3) is 11.6 Å². The number of amides is 2. The third-order valence-electron chi connectivity index (χ3n) is 2.83. The second-order valence-electron chi connectivity index (χ2n) is 4.53. The molecule has 0 heterocycles. The quantitative estimate of drug-likeness (QED) is 0.343. The number of nitro groups is 1. The lowest BCUT2D eigenvalue weighted by molar-refractivity contribution is -0.384. The summed E-state index contributed by atoms with van der Waals surface area (Å²) < 4.78 is 0. The lowest BCUT2D eigenvalue weighted by atomic mass is 10.2. The first kappa shape index (κ1) is 19.1. The summed E-state index contributed by atoms with van der Waals surface area (Å²) in [4.78, 5) is 34.8. The van der Waals surface area contributed by atoms with Crippen LogP contribution in [0, 0.1) is 21.4 Å². The number of hydrogen-bond donors (Lipinski definition) is 2. The molecule has 10 heteroatoms. The van der Waals surface area contributed by atoms with Crippen LogP contribution in [0.3, 0.4) is 0 Å². The van der Waals surface area contributed by atoms with Gasteiger partial charge in [0.2, 0.25) is 5.91 Å². The number of anilines is 1. The number of hydrogen-bond acceptors (Lipinski definition) is 6. The number of benzene rings is 1. The monoisotopic (exact) mass is 351 g/mol. The van der Waals surface area contributed by atoms with Gasteiger partial charge in [-0.2, -0.15) is 5.26 Å². The number of nitro benzene ring substituents is 1. The highest BCUT2D eigenvalue weighted by molar-refractivity contribution is 6.32. The van der Waals surface area contributed by atoms with Gasteiger partial charge in [0, 0.05) is 38.0 Å². The fourth-order valence-electron chi connectivity index (χ4n) is 1.67. The highest BCUT2D eigenvalue weighted by atomic mass is 35.5. The lowest BCUT2D eigenvalue weighted by Crippen LogP contribution is -2.30. The maximum atomic E-state index is 12.1. The first-order chi connectivity index (χ1) is 11.3. The van der Waals surface area contributed by atoms with Crippen molar-refractivity contribution >= 4 is 34.8 Å². The molecule has 0 radical (unpaired) electrons. The van der Waals surface area contributed by atoms with Crippen LogP contribution in [0.15, 0.2) is 30.0 Å². The summed E-state index contributed by atoms with van der Waals surface area (Å²) in [6.45, 7) is 1.56. The summed E-state index contributed by atoms with van der Waals surface area (Å²) in [6, 6.07) is 5.34. The van der Waals surface area contributed by atoms with Gasteiger partial charge in [0.1, 0.15) is 16.7 Å². The molecule has 0 fully saturated rings. The average molecular weight is 352 g/mol. The van der Waals surface area contributed by atoms with E-state index in [4.69, 9.17) is 22.6 Å². The van der Waals surface area contributed by atoms with E-state index in [2.05, 4.69) is 5.32 Å². The third kappa shape index (κ3) is 5.05. The molecule has 2 amide bonds. The smallest absolute Gasteiger partial charge is 0.289 e. The lowest BCUT2D eigenvalue weighted by Gasteiger charge is -2.15. The largest absolute Gasteiger partial charge is 0.329 e. The van der Waals surface area contributed by atoms with Crippen LogP contribution in [0.1, 0.15) is 6.92 Å². The van der Waals surface area contributed by atoms with Crippen molar-refractivity contribution in [1.29, 1.82) is 5.26 Å². The number of carbonyl (C=O) groups excluding carboxylic acids is 2. The van der Waals surface area contributed by atoms with Gasteiger partial charge in [0.05, 0.1) is 4.92 Å². The van der Waals surface area contributed by atoms with Crippen LogP contribution >= 0.6 is 11.6 Å². The Balaban J connectivity index is 3.04. The molecular weight excluding hydrogens is 338 g/mol. The molecule has 0 unspecified atom stereocenters. The Bertz CT molecular complexity index is 741. The summed E-state index contributed by atoms with van der Waals surface area (Å²) in [7, 11) is 0. The van der Waals surface area contributed by atoms with Crippen molar-refractivity contribution in [1.82, 2.24) is 4.90 Å². The molecular formula is C14H14ClN5O4. The van der Waals surface area contributed by atoms with Gasteiger partial charge in [0.15, 0.2) is 0 Å². The van der Waals surface area contributed by atoms with Gasteiger partial charge in [-0.05, 0) is 12.1 Å². The minimum absolute atomic E-state index is 0.0836. The van der Waals surface area contributed by atoms with Crippen molar-refractivity contribution in [2.24, 2.45) is 5.73 Å². The van der Waals surface area contributed by atoms with Gasteiger partial charge in [-0.25, -0.2) is 0 Å². The van der Waals surface area contributed by atoms with Crippen LogP contribution in [0.25, 0.3) is 0 Å². The zero-order valence-corrected chi connectivity index (χ0v) is 13.4. The maximum Gasteiger partial charge on any atom is 0.289 e. The molecule has 9 nitrogen and oxygen atoms in total. The Hall–Kier alpha value is -2.96. The Morgan fingerprint density at radius 1 is 1.54 bits per heavy atom. The van der Waals surface area contributed by atoms with Crippen LogP contribution < -0.4 is 11.1 Å². The van der Waals surface area contributed by atoms with E-state index in [-0.39, 0.29) is 41.0 Å². The molecule has 126 valence electrons. The minimum Gasteiger partial charge on any atom is -0.329 e. The van der Waals surface area contributed by atoms with Crippen molar-refractivity contribution < 1.29 is 14.5 Å². The summed E-state index contributed by atoms with van der Waals surface area (Å²) in [5, 5.41) is 22.2. The molecule has 0 spiro atoms. The van der Waals surface area contributed by atoms with E-state index in [1.54, 1.807) is 6.07 Å². The molecule has 1 rings (SSSR count). The molecule has 0 atom stereocenters. The van der Waals surface area contributed by atoms with Crippen molar-refractivity contribution in [2.75, 3.05) is 18.4 Å². The summed E-state index contributed by atoms with van der Waals surface area (Å²) in [6.07, 6.45) is 1.08. The van der Waals surface area contributed by atoms with Crippen molar-refractivity contribution in [3.63, 3.8) is 0 Å². The zero-order valence-electron chi connectivity index (χ0n) is 12.7. The molecule has 0 aromatic heterocycles. The number of nitrogens with zero attached hydrogens (tertiary/aromatic N) is 3. The number of nitrogens with two attached hydrogens (primary N) is 1. The van der Waals surface area contributed by atoms with Crippen molar-refractivity contribution in [3.8, 4) is 6.07 Å². The van der Waals surface area contributed by atoms with Crippen LogP contribution in [0.2, 0.25) is 5.02 Å².